The highest BCUT2D eigenvalue weighted by Gasteiger charge is 2.22. The van der Waals surface area contributed by atoms with E-state index in [0.717, 1.165) is 15.8 Å². The molecule has 6 nitrogen and oxygen atoms in total. The first-order valence-corrected chi connectivity index (χ1v) is 10.7. The Balaban J connectivity index is 1.55. The van der Waals surface area contributed by atoms with Crippen LogP contribution in [0.2, 0.25) is 0 Å². The van der Waals surface area contributed by atoms with Gasteiger partial charge in [-0.3, -0.25) is 9.59 Å². The zero-order valence-electron chi connectivity index (χ0n) is 18.3. The van der Waals surface area contributed by atoms with Crippen LogP contribution in [0.5, 0.6) is 0 Å². The van der Waals surface area contributed by atoms with Crippen molar-refractivity contribution in [3.8, 4) is 11.3 Å². The van der Waals surface area contributed by atoms with Gasteiger partial charge in [0.05, 0.1) is 11.1 Å². The summed E-state index contributed by atoms with van der Waals surface area (Å²) in [6, 6.07) is 17.8. The van der Waals surface area contributed by atoms with E-state index in [1.165, 1.54) is 30.3 Å². The first-order valence-electron chi connectivity index (χ1n) is 10.7. The van der Waals surface area contributed by atoms with Crippen molar-refractivity contribution in [3.63, 3.8) is 0 Å². The molecule has 2 heterocycles. The van der Waals surface area contributed by atoms with Crippen LogP contribution in [0.25, 0.3) is 22.2 Å². The van der Waals surface area contributed by atoms with Crippen LogP contribution < -0.4 is 10.9 Å². The molecule has 5 rings (SSSR count). The van der Waals surface area contributed by atoms with Crippen molar-refractivity contribution in [2.75, 3.05) is 5.32 Å². The number of pyridine rings is 1. The van der Waals surface area contributed by atoms with Gasteiger partial charge in [0.1, 0.15) is 23.9 Å². The minimum Gasteiger partial charge on any atom is -0.342 e. The van der Waals surface area contributed by atoms with E-state index in [9.17, 15) is 18.4 Å². The van der Waals surface area contributed by atoms with Gasteiger partial charge in [0.25, 0.3) is 5.56 Å². The van der Waals surface area contributed by atoms with Gasteiger partial charge in [-0.25, -0.2) is 13.5 Å². The molecule has 2 aliphatic heterocycles. The van der Waals surface area contributed by atoms with Crippen LogP contribution in [0.15, 0.2) is 77.7 Å². The van der Waals surface area contributed by atoms with Crippen LogP contribution >= 0.6 is 0 Å². The van der Waals surface area contributed by atoms with E-state index in [0.29, 0.717) is 23.1 Å². The van der Waals surface area contributed by atoms with Crippen molar-refractivity contribution in [2.45, 2.75) is 20.0 Å². The standard InChI is InChI=1S/C26H20F2N4O2/c1-16-4-2-5-17(10-16)13-31-14-22-25(21-12-19(28)8-9-23(21)31)30-32(26(22)34)15-24(33)29-20-7-3-6-18(27)11-20/h2-12,14H,13,15H2,1H3,(H,29,33). The summed E-state index contributed by atoms with van der Waals surface area (Å²) in [7, 11) is 0. The van der Waals surface area contributed by atoms with Gasteiger partial charge in [-0.05, 0) is 48.9 Å². The molecule has 0 unspecified atom stereocenters. The predicted octanol–water partition coefficient (Wildman–Crippen LogP) is 4.58. The summed E-state index contributed by atoms with van der Waals surface area (Å²) in [5.74, 6) is -1.47. The molecule has 1 amide bonds. The molecule has 0 atom stereocenters. The van der Waals surface area contributed by atoms with Crippen LogP contribution in [-0.2, 0) is 17.9 Å². The van der Waals surface area contributed by atoms with Crippen LogP contribution in [0, 0.1) is 18.6 Å². The van der Waals surface area contributed by atoms with Gasteiger partial charge < -0.3 is 9.88 Å². The fraction of sp³-hybridized carbons (Fsp3) is 0.115. The molecule has 0 bridgehead atoms. The van der Waals surface area contributed by atoms with Crippen LogP contribution in [-0.4, -0.2) is 20.3 Å². The summed E-state index contributed by atoms with van der Waals surface area (Å²) in [5.41, 5.74) is 3.26. The summed E-state index contributed by atoms with van der Waals surface area (Å²) < 4.78 is 30.5. The second kappa shape index (κ2) is 8.55. The number of hydrogen-bond donors (Lipinski definition) is 1. The Morgan fingerprint density at radius 1 is 1.00 bits per heavy atom. The first kappa shape index (κ1) is 21.5. The van der Waals surface area contributed by atoms with Crippen LogP contribution in [0.4, 0.5) is 14.5 Å². The minimum absolute atomic E-state index is 0.276. The summed E-state index contributed by atoms with van der Waals surface area (Å²) in [4.78, 5) is 25.6. The number of carbonyl (C=O) groups is 1. The van der Waals surface area contributed by atoms with E-state index < -0.39 is 23.1 Å². The molecule has 0 saturated heterocycles. The van der Waals surface area contributed by atoms with E-state index in [-0.39, 0.29) is 17.8 Å². The molecule has 0 saturated carbocycles. The number of carbonyl (C=O) groups excluding carboxylic acids is 1. The maximum atomic E-state index is 14.2. The fourth-order valence-electron chi connectivity index (χ4n) is 4.10. The lowest BCUT2D eigenvalue weighted by Crippen LogP contribution is -2.26. The number of halogens is 2. The molecule has 8 heteroatoms. The summed E-state index contributed by atoms with van der Waals surface area (Å²) in [6.45, 7) is 2.11. The van der Waals surface area contributed by atoms with E-state index in [1.807, 2.05) is 35.8 Å². The minimum atomic E-state index is -0.529. The van der Waals surface area contributed by atoms with Crippen molar-refractivity contribution in [1.29, 1.82) is 0 Å². The van der Waals surface area contributed by atoms with E-state index in [1.54, 1.807) is 18.3 Å². The number of aryl methyl sites for hydroxylation is 1. The van der Waals surface area contributed by atoms with Crippen molar-refractivity contribution < 1.29 is 13.6 Å². The number of hydrogen-bond acceptors (Lipinski definition) is 3. The molecule has 2 aliphatic rings. The Morgan fingerprint density at radius 3 is 2.59 bits per heavy atom. The highest BCUT2D eigenvalue weighted by Crippen LogP contribution is 2.29. The molecule has 0 aromatic heterocycles. The number of nitrogens with zero attached hydrogens (tertiary/aromatic N) is 3. The third-order valence-corrected chi connectivity index (χ3v) is 5.59. The molecule has 3 aromatic carbocycles. The van der Waals surface area contributed by atoms with Crippen molar-refractivity contribution in [2.24, 2.45) is 0 Å². The van der Waals surface area contributed by atoms with Gasteiger partial charge in [-0.1, -0.05) is 35.9 Å². The van der Waals surface area contributed by atoms with Gasteiger partial charge in [-0.2, -0.15) is 5.10 Å². The number of anilines is 1. The second-order valence-electron chi connectivity index (χ2n) is 8.19. The number of nitrogens with one attached hydrogen (secondary N) is 1. The zero-order chi connectivity index (χ0) is 23.8. The average Bonchev–Trinajstić information content (AvgIpc) is 3.09. The van der Waals surface area contributed by atoms with E-state index in [4.69, 9.17) is 0 Å². The number of rotatable bonds is 5. The number of benzene rings is 3. The lowest BCUT2D eigenvalue weighted by atomic mass is 10.1. The molecule has 1 N–H and O–H groups in total. The smallest absolute Gasteiger partial charge is 0.278 e. The largest absolute Gasteiger partial charge is 0.342 e. The predicted molar refractivity (Wildman–Crippen MR) is 126 cm³/mol. The van der Waals surface area contributed by atoms with Crippen molar-refractivity contribution >= 4 is 22.5 Å². The highest BCUT2D eigenvalue weighted by atomic mass is 19.1. The van der Waals surface area contributed by atoms with Crippen LogP contribution in [0.1, 0.15) is 11.1 Å². The van der Waals surface area contributed by atoms with Gasteiger partial charge in [-0.15, -0.1) is 0 Å². The molecule has 0 aliphatic carbocycles. The zero-order valence-corrected chi connectivity index (χ0v) is 18.3. The van der Waals surface area contributed by atoms with Gasteiger partial charge in [0, 0.05) is 23.8 Å². The van der Waals surface area contributed by atoms with Crippen molar-refractivity contribution in [3.05, 3.63) is 106 Å². The van der Waals surface area contributed by atoms with Crippen LogP contribution in [0.3, 0.4) is 0 Å². The Bertz CT molecular complexity index is 1570. The number of aromatic nitrogens is 3. The molecule has 3 aromatic rings. The Hall–Kier alpha value is -4.33. The van der Waals surface area contributed by atoms with Crippen molar-refractivity contribution in [1.82, 2.24) is 14.3 Å². The molecule has 0 radical (unpaired) electrons. The quantitative estimate of drug-likeness (QED) is 0.419. The maximum Gasteiger partial charge on any atom is 0.278 e. The maximum absolute atomic E-state index is 14.2. The SMILES string of the molecule is Cc1cccc(Cn2cc3c(=O)n(CC(=O)Nc4cccc(F)c4)nc-3c3cc(F)ccc32)c1. The van der Waals surface area contributed by atoms with E-state index in [2.05, 4.69) is 10.4 Å². The van der Waals surface area contributed by atoms with Gasteiger partial charge in [0.2, 0.25) is 5.91 Å². The lowest BCUT2D eigenvalue weighted by molar-refractivity contribution is -0.116. The Labute approximate surface area is 193 Å². The molecule has 34 heavy (non-hydrogen) atoms. The Morgan fingerprint density at radius 2 is 1.79 bits per heavy atom. The second-order valence-corrected chi connectivity index (χ2v) is 8.19. The van der Waals surface area contributed by atoms with E-state index >= 15 is 0 Å². The molecular formula is C26H20F2N4O2. The third-order valence-electron chi connectivity index (χ3n) is 5.59. The molecule has 170 valence electrons. The summed E-state index contributed by atoms with van der Waals surface area (Å²) in [5, 5.41) is 7.37. The Kier molecular flexibility index (Phi) is 5.41. The summed E-state index contributed by atoms with van der Waals surface area (Å²) in [6.07, 6.45) is 1.69. The first-order chi connectivity index (χ1) is 16.4. The highest BCUT2D eigenvalue weighted by molar-refractivity contribution is 5.94. The third kappa shape index (κ3) is 4.17. The normalized spacial score (nSPS) is 11.3. The monoisotopic (exact) mass is 458 g/mol. The number of fused-ring (bicyclic) bond motifs is 3. The lowest BCUT2D eigenvalue weighted by Gasteiger charge is -2.14. The topological polar surface area (TPSA) is 68.9 Å². The van der Waals surface area contributed by atoms with Gasteiger partial charge >= 0.3 is 0 Å². The summed E-state index contributed by atoms with van der Waals surface area (Å²) >= 11 is 0. The molecule has 0 spiro atoms. The molecule has 0 fully saturated rings. The number of amides is 1. The molecular weight excluding hydrogens is 438 g/mol. The fourth-order valence-corrected chi connectivity index (χ4v) is 4.10. The van der Waals surface area contributed by atoms with Gasteiger partial charge in [0.15, 0.2) is 0 Å². The average molecular weight is 458 g/mol.